The van der Waals surface area contributed by atoms with Crippen LogP contribution < -0.4 is 0 Å². The monoisotopic (exact) mass is 377 g/mol. The van der Waals surface area contributed by atoms with Crippen molar-refractivity contribution in [2.75, 3.05) is 20.3 Å². The summed E-state index contributed by atoms with van der Waals surface area (Å²) in [7, 11) is 1.53. The second kappa shape index (κ2) is 7.39. The van der Waals surface area contributed by atoms with E-state index in [2.05, 4.69) is 0 Å². The number of methoxy groups -OCH3 is 1. The zero-order chi connectivity index (χ0) is 18.0. The Balaban J connectivity index is 2.06. The lowest BCUT2D eigenvalue weighted by molar-refractivity contribution is -0.130. The van der Waals surface area contributed by atoms with E-state index in [-0.39, 0.29) is 17.9 Å². The van der Waals surface area contributed by atoms with Crippen molar-refractivity contribution in [3.63, 3.8) is 0 Å². The number of ketones is 1. The van der Waals surface area contributed by atoms with Crippen LogP contribution in [0.1, 0.15) is 21.3 Å². The topological polar surface area (TPSA) is 66.8 Å². The fraction of sp³-hybridized carbons (Fsp3) is 0.222. The van der Waals surface area contributed by atoms with Gasteiger partial charge >= 0.3 is 0 Å². The van der Waals surface area contributed by atoms with Crippen molar-refractivity contribution in [2.45, 2.75) is 6.04 Å². The molecule has 0 aliphatic carbocycles. The van der Waals surface area contributed by atoms with Crippen molar-refractivity contribution in [3.8, 4) is 0 Å². The number of rotatable bonds is 6. The highest BCUT2D eigenvalue weighted by molar-refractivity contribution is 7.12. The standard InChI is InChI=1S/C18H16ClNO4S/c1-24-9-8-20-15(11-4-6-12(19)7-5-11)14(17(22)18(20)23)16(21)13-3-2-10-25-13/h2-7,10,15,22H,8-9H2,1H3/t15-/m1/s1. The summed E-state index contributed by atoms with van der Waals surface area (Å²) in [6.07, 6.45) is 0. The minimum Gasteiger partial charge on any atom is -0.503 e. The number of Topliss-reactive ketones (excluding diaryl/α,β-unsaturated/α-hetero) is 1. The van der Waals surface area contributed by atoms with E-state index >= 15 is 0 Å². The molecule has 1 amide bonds. The van der Waals surface area contributed by atoms with Gasteiger partial charge in [-0.15, -0.1) is 11.3 Å². The van der Waals surface area contributed by atoms with Gasteiger partial charge in [0.2, 0.25) is 5.78 Å². The zero-order valence-corrected chi connectivity index (χ0v) is 15.0. The average Bonchev–Trinajstić information content (AvgIpc) is 3.22. The predicted octanol–water partition coefficient (Wildman–Crippen LogP) is 3.63. The highest BCUT2D eigenvalue weighted by Gasteiger charge is 2.43. The van der Waals surface area contributed by atoms with Gasteiger partial charge in [0, 0.05) is 18.7 Å². The van der Waals surface area contributed by atoms with Crippen LogP contribution in [0, 0.1) is 0 Å². The lowest BCUT2D eigenvalue weighted by Crippen LogP contribution is -2.33. The summed E-state index contributed by atoms with van der Waals surface area (Å²) in [5.74, 6) is -1.42. The van der Waals surface area contributed by atoms with Gasteiger partial charge in [-0.05, 0) is 29.1 Å². The average molecular weight is 378 g/mol. The van der Waals surface area contributed by atoms with E-state index in [1.54, 1.807) is 41.8 Å². The fourth-order valence-electron chi connectivity index (χ4n) is 2.84. The van der Waals surface area contributed by atoms with Crippen LogP contribution in [-0.4, -0.2) is 42.0 Å². The van der Waals surface area contributed by atoms with Gasteiger partial charge in [0.05, 0.1) is 23.1 Å². The molecular weight excluding hydrogens is 362 g/mol. The van der Waals surface area contributed by atoms with E-state index in [1.165, 1.54) is 23.3 Å². The van der Waals surface area contributed by atoms with E-state index in [4.69, 9.17) is 16.3 Å². The Morgan fingerprint density at radius 1 is 1.32 bits per heavy atom. The van der Waals surface area contributed by atoms with Crippen LogP contribution in [-0.2, 0) is 9.53 Å². The summed E-state index contributed by atoms with van der Waals surface area (Å²) < 4.78 is 5.06. The van der Waals surface area contributed by atoms with Crippen LogP contribution >= 0.6 is 22.9 Å². The number of aliphatic hydroxyl groups is 1. The molecule has 0 unspecified atom stereocenters. The molecule has 0 bridgehead atoms. The van der Waals surface area contributed by atoms with Crippen LogP contribution in [0.15, 0.2) is 53.1 Å². The Morgan fingerprint density at radius 2 is 2.04 bits per heavy atom. The van der Waals surface area contributed by atoms with Crippen molar-refractivity contribution >= 4 is 34.6 Å². The quantitative estimate of drug-likeness (QED) is 0.781. The van der Waals surface area contributed by atoms with E-state index in [0.717, 1.165) is 0 Å². The Bertz CT molecular complexity index is 814. The Labute approximate surface area is 154 Å². The SMILES string of the molecule is COCCN1C(=O)C(O)=C(C(=O)c2cccs2)[C@H]1c1ccc(Cl)cc1. The van der Waals surface area contributed by atoms with Crippen LogP contribution in [0.4, 0.5) is 0 Å². The molecule has 25 heavy (non-hydrogen) atoms. The molecule has 0 radical (unpaired) electrons. The number of aliphatic hydroxyl groups excluding tert-OH is 1. The van der Waals surface area contributed by atoms with Gasteiger partial charge < -0.3 is 14.7 Å². The molecule has 7 heteroatoms. The molecule has 2 heterocycles. The lowest BCUT2D eigenvalue weighted by atomic mass is 9.95. The molecule has 1 aromatic heterocycles. The van der Waals surface area contributed by atoms with Crippen molar-refractivity contribution in [3.05, 3.63) is 68.6 Å². The minimum absolute atomic E-state index is 0.0888. The van der Waals surface area contributed by atoms with Gasteiger partial charge in [-0.25, -0.2) is 0 Å². The molecule has 130 valence electrons. The summed E-state index contributed by atoms with van der Waals surface area (Å²) in [5.41, 5.74) is 0.795. The number of carbonyl (C=O) groups excluding carboxylic acids is 2. The van der Waals surface area contributed by atoms with Crippen molar-refractivity contribution in [1.29, 1.82) is 0 Å². The molecule has 0 fully saturated rings. The molecule has 1 aromatic carbocycles. The third-order valence-corrected chi connectivity index (χ3v) is 5.14. The summed E-state index contributed by atoms with van der Waals surface area (Å²) in [6, 6.07) is 9.65. The molecule has 3 rings (SSSR count). The van der Waals surface area contributed by atoms with Crippen LogP contribution in [0.5, 0.6) is 0 Å². The Kier molecular flexibility index (Phi) is 5.22. The van der Waals surface area contributed by atoms with Gasteiger partial charge in [-0.1, -0.05) is 29.8 Å². The number of thiophene rings is 1. The Hall–Kier alpha value is -2.15. The third kappa shape index (κ3) is 3.33. The second-order valence-electron chi connectivity index (χ2n) is 5.51. The van der Waals surface area contributed by atoms with Crippen LogP contribution in [0.3, 0.4) is 0 Å². The first kappa shape index (κ1) is 17.7. The van der Waals surface area contributed by atoms with E-state index in [1.807, 2.05) is 0 Å². The molecular formula is C18H16ClNO4S. The number of halogens is 1. The highest BCUT2D eigenvalue weighted by atomic mass is 35.5. The third-order valence-electron chi connectivity index (χ3n) is 4.02. The smallest absolute Gasteiger partial charge is 0.290 e. The van der Waals surface area contributed by atoms with E-state index in [9.17, 15) is 14.7 Å². The number of ether oxygens (including phenoxy) is 1. The van der Waals surface area contributed by atoms with Crippen molar-refractivity contribution < 1.29 is 19.4 Å². The molecule has 0 saturated heterocycles. The lowest BCUT2D eigenvalue weighted by Gasteiger charge is -2.26. The van der Waals surface area contributed by atoms with Gasteiger partial charge in [0.1, 0.15) is 0 Å². The molecule has 1 N–H and O–H groups in total. The van der Waals surface area contributed by atoms with Gasteiger partial charge in [0.25, 0.3) is 5.91 Å². The first-order valence-corrected chi connectivity index (χ1v) is 8.87. The highest BCUT2D eigenvalue weighted by Crippen LogP contribution is 2.39. The summed E-state index contributed by atoms with van der Waals surface area (Å²) in [4.78, 5) is 27.3. The van der Waals surface area contributed by atoms with Crippen LogP contribution in [0.25, 0.3) is 0 Å². The van der Waals surface area contributed by atoms with E-state index < -0.39 is 17.7 Å². The fourth-order valence-corrected chi connectivity index (χ4v) is 3.64. The number of hydrogen-bond acceptors (Lipinski definition) is 5. The largest absolute Gasteiger partial charge is 0.503 e. The number of carbonyl (C=O) groups is 2. The summed E-state index contributed by atoms with van der Waals surface area (Å²) >= 11 is 7.22. The summed E-state index contributed by atoms with van der Waals surface area (Å²) in [5, 5.41) is 12.7. The maximum absolute atomic E-state index is 12.9. The molecule has 0 saturated carbocycles. The van der Waals surface area contributed by atoms with Gasteiger partial charge in [-0.3, -0.25) is 9.59 Å². The maximum Gasteiger partial charge on any atom is 0.290 e. The molecule has 2 aromatic rings. The minimum atomic E-state index is -0.672. The molecule has 1 aliphatic heterocycles. The summed E-state index contributed by atoms with van der Waals surface area (Å²) in [6.45, 7) is 0.553. The Morgan fingerprint density at radius 3 is 2.64 bits per heavy atom. The number of benzene rings is 1. The number of hydrogen-bond donors (Lipinski definition) is 1. The first-order valence-electron chi connectivity index (χ1n) is 7.61. The molecule has 1 aliphatic rings. The number of amides is 1. The zero-order valence-electron chi connectivity index (χ0n) is 13.4. The van der Waals surface area contributed by atoms with Gasteiger partial charge in [-0.2, -0.15) is 0 Å². The molecule has 1 atom stereocenters. The molecule has 5 nitrogen and oxygen atoms in total. The van der Waals surface area contributed by atoms with Crippen LogP contribution in [0.2, 0.25) is 5.02 Å². The van der Waals surface area contributed by atoms with Crippen molar-refractivity contribution in [2.24, 2.45) is 0 Å². The van der Waals surface area contributed by atoms with Gasteiger partial charge in [0.15, 0.2) is 5.76 Å². The van der Waals surface area contributed by atoms with E-state index in [0.29, 0.717) is 22.1 Å². The molecule has 0 spiro atoms. The van der Waals surface area contributed by atoms with Crippen molar-refractivity contribution in [1.82, 2.24) is 4.90 Å². The first-order chi connectivity index (χ1) is 12.0. The maximum atomic E-state index is 12.9. The predicted molar refractivity (Wildman–Crippen MR) is 96.1 cm³/mol. The number of nitrogens with zero attached hydrogens (tertiary/aromatic N) is 1. The normalized spacial score (nSPS) is 17.4. The second-order valence-corrected chi connectivity index (χ2v) is 6.90.